The summed E-state index contributed by atoms with van der Waals surface area (Å²) in [5.74, 6) is 1.26. The van der Waals surface area contributed by atoms with Gasteiger partial charge in [-0.1, -0.05) is 26.0 Å². The molecular weight excluding hydrogens is 444 g/mol. The minimum Gasteiger partial charge on any atom is -0.494 e. The fraction of sp³-hybridized carbons (Fsp3) is 0.250. The molecule has 0 aliphatic carbocycles. The zero-order chi connectivity index (χ0) is 25.2. The molecule has 3 aromatic carbocycles. The third kappa shape index (κ3) is 7.71. The van der Waals surface area contributed by atoms with E-state index in [9.17, 15) is 9.59 Å². The third-order valence-corrected chi connectivity index (χ3v) is 5.04. The second kappa shape index (κ2) is 12.4. The Hall–Kier alpha value is -4.13. The van der Waals surface area contributed by atoms with Gasteiger partial charge in [-0.3, -0.25) is 4.79 Å². The number of nitrogens with one attached hydrogen (secondary N) is 1. The van der Waals surface area contributed by atoms with E-state index in [2.05, 4.69) is 24.4 Å². The van der Waals surface area contributed by atoms with Crippen LogP contribution in [0.1, 0.15) is 53.7 Å². The first-order valence-electron chi connectivity index (χ1n) is 11.5. The normalized spacial score (nSPS) is 10.9. The number of esters is 1. The van der Waals surface area contributed by atoms with Crippen molar-refractivity contribution in [1.29, 1.82) is 0 Å². The maximum atomic E-state index is 12.3. The molecule has 1 N–H and O–H groups in total. The molecule has 182 valence electrons. The molecule has 35 heavy (non-hydrogen) atoms. The van der Waals surface area contributed by atoms with Crippen molar-refractivity contribution in [3.8, 4) is 17.2 Å². The van der Waals surface area contributed by atoms with Crippen molar-refractivity contribution in [2.24, 2.45) is 5.10 Å². The quantitative estimate of drug-likeness (QED) is 0.187. The number of nitrogens with zero attached hydrogens (tertiary/aromatic N) is 1. The summed E-state index contributed by atoms with van der Waals surface area (Å²) < 4.78 is 16.5. The molecular formula is C28H30N2O5. The lowest BCUT2D eigenvalue weighted by molar-refractivity contribution is -0.123. The van der Waals surface area contributed by atoms with Crippen LogP contribution in [0.25, 0.3) is 0 Å². The highest BCUT2D eigenvalue weighted by Gasteiger charge is 2.11. The summed E-state index contributed by atoms with van der Waals surface area (Å²) >= 11 is 0. The number of benzene rings is 3. The van der Waals surface area contributed by atoms with Crippen molar-refractivity contribution in [2.75, 3.05) is 13.2 Å². The number of aryl methyl sites for hydroxylation is 1. The Morgan fingerprint density at radius 1 is 0.943 bits per heavy atom. The van der Waals surface area contributed by atoms with Gasteiger partial charge in [0.25, 0.3) is 5.91 Å². The van der Waals surface area contributed by atoms with E-state index in [1.807, 2.05) is 32.0 Å². The van der Waals surface area contributed by atoms with Gasteiger partial charge in [0.1, 0.15) is 17.2 Å². The first kappa shape index (κ1) is 25.5. The van der Waals surface area contributed by atoms with Crippen molar-refractivity contribution in [2.45, 2.75) is 33.6 Å². The summed E-state index contributed by atoms with van der Waals surface area (Å²) in [5.41, 5.74) is 5.73. The average molecular weight is 475 g/mol. The highest BCUT2D eigenvalue weighted by Crippen LogP contribution is 2.27. The lowest BCUT2D eigenvalue weighted by atomic mass is 10.0. The van der Waals surface area contributed by atoms with E-state index in [-0.39, 0.29) is 18.4 Å². The molecule has 3 rings (SSSR count). The van der Waals surface area contributed by atoms with Gasteiger partial charge in [-0.25, -0.2) is 10.2 Å². The Kier molecular flexibility index (Phi) is 9.01. The van der Waals surface area contributed by atoms with Crippen LogP contribution < -0.4 is 19.6 Å². The Morgan fingerprint density at radius 2 is 1.63 bits per heavy atom. The number of carbonyl (C=O) groups is 2. The summed E-state index contributed by atoms with van der Waals surface area (Å²) in [5, 5.41) is 3.97. The fourth-order valence-electron chi connectivity index (χ4n) is 3.24. The van der Waals surface area contributed by atoms with E-state index in [1.54, 1.807) is 48.5 Å². The number of rotatable bonds is 10. The van der Waals surface area contributed by atoms with Crippen LogP contribution in [0.5, 0.6) is 17.2 Å². The Labute approximate surface area is 205 Å². The lowest BCUT2D eigenvalue weighted by Crippen LogP contribution is -2.25. The summed E-state index contributed by atoms with van der Waals surface area (Å²) in [4.78, 5) is 24.4. The van der Waals surface area contributed by atoms with Gasteiger partial charge in [0.15, 0.2) is 6.61 Å². The van der Waals surface area contributed by atoms with Gasteiger partial charge in [-0.15, -0.1) is 0 Å². The molecule has 0 atom stereocenters. The predicted molar refractivity (Wildman–Crippen MR) is 136 cm³/mol. The third-order valence-electron chi connectivity index (χ3n) is 5.04. The molecule has 7 heteroatoms. The van der Waals surface area contributed by atoms with Crippen molar-refractivity contribution in [3.63, 3.8) is 0 Å². The molecule has 0 fully saturated rings. The molecule has 0 spiro atoms. The highest BCUT2D eigenvalue weighted by molar-refractivity contribution is 5.91. The van der Waals surface area contributed by atoms with E-state index in [1.165, 1.54) is 6.21 Å². The van der Waals surface area contributed by atoms with Gasteiger partial charge in [0.2, 0.25) is 0 Å². The number of hydrazone groups is 1. The smallest absolute Gasteiger partial charge is 0.343 e. The first-order valence-corrected chi connectivity index (χ1v) is 11.5. The molecule has 0 bridgehead atoms. The summed E-state index contributed by atoms with van der Waals surface area (Å²) in [6.45, 7) is 8.45. The minimum atomic E-state index is -0.462. The van der Waals surface area contributed by atoms with Gasteiger partial charge in [0.05, 0.1) is 18.4 Å². The van der Waals surface area contributed by atoms with Gasteiger partial charge in [0, 0.05) is 0 Å². The molecule has 7 nitrogen and oxygen atoms in total. The first-order chi connectivity index (χ1) is 16.9. The molecule has 0 radical (unpaired) electrons. The van der Waals surface area contributed by atoms with Crippen LogP contribution in [-0.2, 0) is 4.79 Å². The van der Waals surface area contributed by atoms with Crippen LogP contribution in [0, 0.1) is 6.92 Å². The molecule has 0 saturated carbocycles. The fourth-order valence-corrected chi connectivity index (χ4v) is 3.24. The number of amides is 1. The minimum absolute atomic E-state index is 0.138. The van der Waals surface area contributed by atoms with Crippen molar-refractivity contribution in [1.82, 2.24) is 5.43 Å². The molecule has 0 heterocycles. The monoisotopic (exact) mass is 474 g/mol. The molecule has 1 amide bonds. The molecule has 0 saturated heterocycles. The van der Waals surface area contributed by atoms with Gasteiger partial charge < -0.3 is 14.2 Å². The van der Waals surface area contributed by atoms with Crippen molar-refractivity contribution in [3.05, 3.63) is 89.0 Å². The van der Waals surface area contributed by atoms with Crippen molar-refractivity contribution >= 4 is 18.1 Å². The summed E-state index contributed by atoms with van der Waals surface area (Å²) in [7, 11) is 0. The summed E-state index contributed by atoms with van der Waals surface area (Å²) in [6, 6.07) is 19.5. The van der Waals surface area contributed by atoms with Crippen LogP contribution in [0.3, 0.4) is 0 Å². The number of ether oxygens (including phenoxy) is 3. The SMILES string of the molecule is CCOc1ccc(C(=O)Oc2ccc(/C=N\NC(=O)COc3cc(C)ccc3C(C)C)cc2)cc1. The number of carbonyl (C=O) groups excluding carboxylic acids is 2. The van der Waals surface area contributed by atoms with E-state index in [0.29, 0.717) is 29.4 Å². The Morgan fingerprint density at radius 3 is 2.29 bits per heavy atom. The van der Waals surface area contributed by atoms with Crippen LogP contribution >= 0.6 is 0 Å². The molecule has 3 aromatic rings. The van der Waals surface area contributed by atoms with E-state index in [0.717, 1.165) is 16.7 Å². The molecule has 0 aromatic heterocycles. The largest absolute Gasteiger partial charge is 0.494 e. The second-order valence-electron chi connectivity index (χ2n) is 8.19. The lowest BCUT2D eigenvalue weighted by Gasteiger charge is -2.14. The van der Waals surface area contributed by atoms with Gasteiger partial charge >= 0.3 is 5.97 Å². The van der Waals surface area contributed by atoms with Crippen LogP contribution in [-0.4, -0.2) is 31.3 Å². The maximum absolute atomic E-state index is 12.3. The Bertz CT molecular complexity index is 1170. The highest BCUT2D eigenvalue weighted by atomic mass is 16.5. The van der Waals surface area contributed by atoms with Crippen LogP contribution in [0.2, 0.25) is 0 Å². The van der Waals surface area contributed by atoms with E-state index < -0.39 is 5.97 Å². The standard InChI is InChI=1S/C28H30N2O5/c1-5-33-23-13-9-22(10-14-23)28(32)35-24-11-7-21(8-12-24)17-29-30-27(31)18-34-26-16-20(4)6-15-25(26)19(2)3/h6-17,19H,5,18H2,1-4H3,(H,30,31)/b29-17-. The second-order valence-corrected chi connectivity index (χ2v) is 8.19. The molecule has 0 aliphatic heterocycles. The predicted octanol–water partition coefficient (Wildman–Crippen LogP) is 5.27. The molecule has 0 aliphatic rings. The zero-order valence-corrected chi connectivity index (χ0v) is 20.4. The van der Waals surface area contributed by atoms with Gasteiger partial charge in [-0.2, -0.15) is 5.10 Å². The topological polar surface area (TPSA) is 86.2 Å². The van der Waals surface area contributed by atoms with Crippen LogP contribution in [0.4, 0.5) is 0 Å². The van der Waals surface area contributed by atoms with Gasteiger partial charge in [-0.05, 0) is 91.1 Å². The van der Waals surface area contributed by atoms with E-state index in [4.69, 9.17) is 14.2 Å². The molecule has 0 unspecified atom stereocenters. The number of hydrogen-bond acceptors (Lipinski definition) is 6. The zero-order valence-electron chi connectivity index (χ0n) is 20.4. The van der Waals surface area contributed by atoms with Crippen LogP contribution in [0.15, 0.2) is 71.8 Å². The average Bonchev–Trinajstić information content (AvgIpc) is 2.84. The Balaban J connectivity index is 1.48. The maximum Gasteiger partial charge on any atom is 0.343 e. The summed E-state index contributed by atoms with van der Waals surface area (Å²) in [6.07, 6.45) is 1.50. The van der Waals surface area contributed by atoms with E-state index >= 15 is 0 Å². The number of hydrogen-bond donors (Lipinski definition) is 1. The van der Waals surface area contributed by atoms with Crippen molar-refractivity contribution < 1.29 is 23.8 Å².